The molecule has 0 bridgehead atoms. The molecule has 1 atom stereocenters. The van der Waals surface area contributed by atoms with Crippen LogP contribution in [-0.4, -0.2) is 15.1 Å². The molecule has 0 spiro atoms. The number of hydrogen-bond donors (Lipinski definition) is 1. The van der Waals surface area contributed by atoms with Crippen molar-refractivity contribution in [1.82, 2.24) is 9.97 Å². The first-order valence-electron chi connectivity index (χ1n) is 5.95. The Morgan fingerprint density at radius 3 is 2.58 bits per heavy atom. The summed E-state index contributed by atoms with van der Waals surface area (Å²) in [5.41, 5.74) is 1.63. The lowest BCUT2D eigenvalue weighted by atomic mass is 10.1. The van der Waals surface area contributed by atoms with Crippen LogP contribution < -0.4 is 0 Å². The van der Waals surface area contributed by atoms with E-state index in [0.29, 0.717) is 0 Å². The van der Waals surface area contributed by atoms with Crippen molar-refractivity contribution in [2.24, 2.45) is 0 Å². The second-order valence-electron chi connectivity index (χ2n) is 4.25. The van der Waals surface area contributed by atoms with Crippen molar-refractivity contribution in [3.8, 4) is 0 Å². The summed E-state index contributed by atoms with van der Waals surface area (Å²) in [5.74, 6) is 1.51. The Balaban J connectivity index is 2.04. The van der Waals surface area contributed by atoms with Crippen LogP contribution in [0.3, 0.4) is 0 Å². The number of rotatable bonds is 4. The second-order valence-corrected chi connectivity index (χ2v) is 6.21. The van der Waals surface area contributed by atoms with Gasteiger partial charge >= 0.3 is 0 Å². The second kappa shape index (κ2) is 6.50. The minimum Gasteiger partial charge on any atom is -0.389 e. The zero-order chi connectivity index (χ0) is 13.8. The molecule has 0 saturated carbocycles. The molecule has 0 aliphatic carbocycles. The summed E-state index contributed by atoms with van der Waals surface area (Å²) in [7, 11) is 0. The molecule has 0 amide bonds. The average molecular weight is 339 g/mol. The van der Waals surface area contributed by atoms with Crippen LogP contribution in [-0.2, 0) is 5.75 Å². The first-order chi connectivity index (χ1) is 9.06. The van der Waals surface area contributed by atoms with E-state index in [1.165, 1.54) is 4.90 Å². The summed E-state index contributed by atoms with van der Waals surface area (Å²) in [4.78, 5) is 9.90. The zero-order valence-corrected chi connectivity index (χ0v) is 13.2. The van der Waals surface area contributed by atoms with E-state index in [9.17, 15) is 5.11 Å². The molecule has 2 rings (SSSR count). The van der Waals surface area contributed by atoms with Crippen LogP contribution in [0.5, 0.6) is 0 Å². The Hall–Kier alpha value is -0.910. The third-order valence-corrected chi connectivity index (χ3v) is 4.24. The van der Waals surface area contributed by atoms with Crippen LogP contribution >= 0.6 is 27.7 Å². The summed E-state index contributed by atoms with van der Waals surface area (Å²) in [5, 5.41) is 9.54. The summed E-state index contributed by atoms with van der Waals surface area (Å²) >= 11 is 5.11. The molecule has 0 aliphatic rings. The number of aliphatic hydroxyl groups is 1. The highest BCUT2D eigenvalue weighted by Crippen LogP contribution is 2.24. The van der Waals surface area contributed by atoms with E-state index in [1.54, 1.807) is 24.9 Å². The lowest BCUT2D eigenvalue weighted by molar-refractivity contribution is 0.197. The Labute approximate surface area is 125 Å². The van der Waals surface area contributed by atoms with E-state index in [1.807, 2.05) is 19.1 Å². The van der Waals surface area contributed by atoms with E-state index in [2.05, 4.69) is 38.0 Å². The monoisotopic (exact) mass is 338 g/mol. The number of benzene rings is 1. The van der Waals surface area contributed by atoms with Crippen molar-refractivity contribution in [3.63, 3.8) is 0 Å². The predicted octanol–water partition coefficient (Wildman–Crippen LogP) is 3.89. The highest BCUT2D eigenvalue weighted by molar-refractivity contribution is 9.10. The van der Waals surface area contributed by atoms with Crippen molar-refractivity contribution >= 4 is 27.7 Å². The molecule has 2 aromatic rings. The van der Waals surface area contributed by atoms with Crippen LogP contribution in [0.25, 0.3) is 0 Å². The van der Waals surface area contributed by atoms with Crippen LogP contribution in [0, 0.1) is 6.92 Å². The largest absolute Gasteiger partial charge is 0.389 e. The van der Waals surface area contributed by atoms with Gasteiger partial charge in [0.2, 0.25) is 0 Å². The molecule has 0 saturated heterocycles. The van der Waals surface area contributed by atoms with Crippen LogP contribution in [0.4, 0.5) is 0 Å². The minimum absolute atomic E-state index is 0.520. The quantitative estimate of drug-likeness (QED) is 0.859. The molecular formula is C14H15BrN2OS. The molecular weight excluding hydrogens is 324 g/mol. The Morgan fingerprint density at radius 1 is 1.32 bits per heavy atom. The Bertz CT molecular complexity index is 558. The lowest BCUT2D eigenvalue weighted by Crippen LogP contribution is -2.02. The van der Waals surface area contributed by atoms with Gasteiger partial charge in [-0.15, -0.1) is 11.8 Å². The van der Waals surface area contributed by atoms with E-state index in [4.69, 9.17) is 0 Å². The molecule has 0 radical (unpaired) electrons. The molecule has 0 aliphatic heterocycles. The van der Waals surface area contributed by atoms with Gasteiger partial charge in [0.1, 0.15) is 5.82 Å². The molecule has 19 heavy (non-hydrogen) atoms. The summed E-state index contributed by atoms with van der Waals surface area (Å²) in [6.45, 7) is 3.62. The van der Waals surface area contributed by atoms with Crippen molar-refractivity contribution in [2.75, 3.05) is 0 Å². The molecule has 3 nitrogen and oxygen atoms in total. The molecule has 0 fully saturated rings. The van der Waals surface area contributed by atoms with E-state index < -0.39 is 6.10 Å². The lowest BCUT2D eigenvalue weighted by Gasteiger charge is -2.08. The number of hydrogen-bond acceptors (Lipinski definition) is 4. The third kappa shape index (κ3) is 4.03. The average Bonchev–Trinajstić information content (AvgIpc) is 2.37. The molecule has 100 valence electrons. The zero-order valence-electron chi connectivity index (χ0n) is 10.8. The van der Waals surface area contributed by atoms with Crippen LogP contribution in [0.15, 0.2) is 39.8 Å². The number of thioether (sulfide) groups is 1. The molecule has 1 heterocycles. The van der Waals surface area contributed by atoms with Gasteiger partial charge < -0.3 is 5.11 Å². The number of aryl methyl sites for hydroxylation is 1. The van der Waals surface area contributed by atoms with Crippen LogP contribution in [0.2, 0.25) is 0 Å². The molecule has 1 N–H and O–H groups in total. The number of aromatic nitrogens is 2. The highest BCUT2D eigenvalue weighted by atomic mass is 79.9. The summed E-state index contributed by atoms with van der Waals surface area (Å²) in [6, 6.07) is 8.16. The summed E-state index contributed by atoms with van der Waals surface area (Å²) < 4.78 is 1.07. The molecule has 0 unspecified atom stereocenters. The van der Waals surface area contributed by atoms with Gasteiger partial charge in [0.15, 0.2) is 0 Å². The Kier molecular flexibility index (Phi) is 4.96. The van der Waals surface area contributed by atoms with Gasteiger partial charge in [-0.1, -0.05) is 15.9 Å². The van der Waals surface area contributed by atoms with Crippen LogP contribution in [0.1, 0.15) is 30.1 Å². The van der Waals surface area contributed by atoms with Crippen molar-refractivity contribution < 1.29 is 5.11 Å². The minimum atomic E-state index is -0.520. The van der Waals surface area contributed by atoms with Gasteiger partial charge in [-0.05, 0) is 38.1 Å². The SMILES string of the molecule is Cc1nc(CSc2ccc(Br)cc2)ncc1[C@H](C)O. The number of aliphatic hydroxyl groups excluding tert-OH is 1. The maximum absolute atomic E-state index is 9.54. The predicted molar refractivity (Wildman–Crippen MR) is 81.1 cm³/mol. The fraction of sp³-hybridized carbons (Fsp3) is 0.286. The van der Waals surface area contributed by atoms with Gasteiger partial charge in [0, 0.05) is 26.8 Å². The standard InChI is InChI=1S/C14H15BrN2OS/c1-9-13(10(2)18)7-16-14(17-9)8-19-12-5-3-11(15)4-6-12/h3-7,10,18H,8H2,1-2H3/t10-/m0/s1. The van der Waals surface area contributed by atoms with E-state index in [0.717, 1.165) is 27.3 Å². The Morgan fingerprint density at radius 2 is 2.00 bits per heavy atom. The smallest absolute Gasteiger partial charge is 0.138 e. The van der Waals surface area contributed by atoms with Gasteiger partial charge in [-0.3, -0.25) is 0 Å². The van der Waals surface area contributed by atoms with Gasteiger partial charge in [0.05, 0.1) is 11.9 Å². The number of nitrogens with zero attached hydrogens (tertiary/aromatic N) is 2. The van der Waals surface area contributed by atoms with Gasteiger partial charge in [-0.25, -0.2) is 9.97 Å². The maximum atomic E-state index is 9.54. The fourth-order valence-electron chi connectivity index (χ4n) is 1.68. The van der Waals surface area contributed by atoms with E-state index >= 15 is 0 Å². The van der Waals surface area contributed by atoms with Gasteiger partial charge in [0.25, 0.3) is 0 Å². The van der Waals surface area contributed by atoms with E-state index in [-0.39, 0.29) is 0 Å². The fourth-order valence-corrected chi connectivity index (χ4v) is 2.71. The topological polar surface area (TPSA) is 46.0 Å². The highest BCUT2D eigenvalue weighted by Gasteiger charge is 2.08. The molecule has 5 heteroatoms. The first kappa shape index (κ1) is 14.5. The normalized spacial score (nSPS) is 12.4. The number of halogens is 1. The molecule has 1 aromatic heterocycles. The third-order valence-electron chi connectivity index (χ3n) is 2.70. The maximum Gasteiger partial charge on any atom is 0.138 e. The summed E-state index contributed by atoms with van der Waals surface area (Å²) in [6.07, 6.45) is 1.19. The molecule has 1 aromatic carbocycles. The first-order valence-corrected chi connectivity index (χ1v) is 7.73. The van der Waals surface area contributed by atoms with Gasteiger partial charge in [-0.2, -0.15) is 0 Å². The van der Waals surface area contributed by atoms with Crippen molar-refractivity contribution in [1.29, 1.82) is 0 Å². The van der Waals surface area contributed by atoms with Crippen molar-refractivity contribution in [3.05, 3.63) is 52.0 Å². The van der Waals surface area contributed by atoms with Crippen molar-refractivity contribution in [2.45, 2.75) is 30.6 Å².